The number of hydrogen-bond donors (Lipinski definition) is 1. The molecule has 5 rings (SSSR count). The quantitative estimate of drug-likeness (QED) is 0.182. The summed E-state index contributed by atoms with van der Waals surface area (Å²) in [6, 6.07) is 23.3. The fraction of sp³-hybridized carbons (Fsp3) is 0.361. The molecule has 2 saturated heterocycles. The maximum absolute atomic E-state index is 13.3. The SMILES string of the molecule is COC(=O)c1cccc(NC(=O)C2CCN(C(=O)OCc3ccccc3)CC2)c1OC(=O)C1CCN(C(=O)OCc2ccccc2)CC1. The smallest absolute Gasteiger partial charge is 0.410 e. The highest BCUT2D eigenvalue weighted by atomic mass is 16.6. The van der Waals surface area contributed by atoms with Gasteiger partial charge in [-0.15, -0.1) is 0 Å². The molecular formula is C36H39N3O9. The standard InChI is InChI=1S/C36H39N3O9/c1-45-34(42)29-13-8-14-30(37-32(40)27-15-19-38(20-16-27)35(43)46-23-25-9-4-2-5-10-25)31(29)48-33(41)28-17-21-39(22-18-28)36(44)47-24-26-11-6-3-7-12-26/h2-14,27-28H,15-24H2,1H3,(H,37,40). The summed E-state index contributed by atoms with van der Waals surface area (Å²) in [5.41, 5.74) is 1.90. The van der Waals surface area contributed by atoms with Gasteiger partial charge < -0.3 is 34.1 Å². The number of methoxy groups -OCH3 is 1. The lowest BCUT2D eigenvalue weighted by molar-refractivity contribution is -0.140. The van der Waals surface area contributed by atoms with Crippen molar-refractivity contribution in [1.29, 1.82) is 0 Å². The molecule has 1 N–H and O–H groups in total. The molecule has 2 aliphatic heterocycles. The molecule has 12 heteroatoms. The summed E-state index contributed by atoms with van der Waals surface area (Å²) in [7, 11) is 1.21. The maximum Gasteiger partial charge on any atom is 0.410 e. The second kappa shape index (κ2) is 16.4. The van der Waals surface area contributed by atoms with Crippen LogP contribution in [0.1, 0.15) is 47.2 Å². The van der Waals surface area contributed by atoms with E-state index in [9.17, 15) is 24.0 Å². The van der Waals surface area contributed by atoms with Gasteiger partial charge in [0.1, 0.15) is 18.8 Å². The molecule has 0 saturated carbocycles. The first-order valence-corrected chi connectivity index (χ1v) is 16.0. The van der Waals surface area contributed by atoms with E-state index >= 15 is 0 Å². The summed E-state index contributed by atoms with van der Waals surface area (Å²) < 4.78 is 21.5. The average molecular weight is 658 g/mol. The van der Waals surface area contributed by atoms with Crippen LogP contribution in [0.25, 0.3) is 0 Å². The number of para-hydroxylation sites is 1. The van der Waals surface area contributed by atoms with Crippen molar-refractivity contribution in [3.05, 3.63) is 95.6 Å². The first-order valence-electron chi connectivity index (χ1n) is 16.0. The van der Waals surface area contributed by atoms with Crippen molar-refractivity contribution in [2.45, 2.75) is 38.9 Å². The molecule has 48 heavy (non-hydrogen) atoms. The molecule has 12 nitrogen and oxygen atoms in total. The second-order valence-corrected chi connectivity index (χ2v) is 11.7. The highest BCUT2D eigenvalue weighted by Crippen LogP contribution is 2.33. The summed E-state index contributed by atoms with van der Waals surface area (Å²) in [5.74, 6) is -2.69. The predicted molar refractivity (Wildman–Crippen MR) is 174 cm³/mol. The molecule has 0 unspecified atom stereocenters. The molecule has 0 aromatic heterocycles. The van der Waals surface area contributed by atoms with Crippen LogP contribution in [0.4, 0.5) is 15.3 Å². The van der Waals surface area contributed by atoms with E-state index in [1.54, 1.807) is 21.9 Å². The number of nitrogens with one attached hydrogen (secondary N) is 1. The van der Waals surface area contributed by atoms with Crippen LogP contribution in [-0.4, -0.2) is 73.1 Å². The third kappa shape index (κ3) is 8.90. The molecule has 2 aliphatic rings. The highest BCUT2D eigenvalue weighted by Gasteiger charge is 2.33. The van der Waals surface area contributed by atoms with Gasteiger partial charge in [-0.3, -0.25) is 9.59 Å². The minimum atomic E-state index is -0.729. The first kappa shape index (κ1) is 34.0. The van der Waals surface area contributed by atoms with E-state index in [0.29, 0.717) is 51.9 Å². The first-order chi connectivity index (χ1) is 23.3. The third-order valence-electron chi connectivity index (χ3n) is 8.50. The highest BCUT2D eigenvalue weighted by molar-refractivity contribution is 6.00. The molecule has 0 bridgehead atoms. The topological polar surface area (TPSA) is 141 Å². The molecule has 3 amide bonds. The molecule has 0 atom stereocenters. The Morgan fingerprint density at radius 3 is 1.67 bits per heavy atom. The van der Waals surface area contributed by atoms with E-state index in [0.717, 1.165) is 11.1 Å². The largest absolute Gasteiger partial charge is 0.465 e. The zero-order chi connectivity index (χ0) is 33.9. The van der Waals surface area contributed by atoms with Gasteiger partial charge in [-0.1, -0.05) is 66.7 Å². The van der Waals surface area contributed by atoms with Crippen molar-refractivity contribution in [3.8, 4) is 5.75 Å². The van der Waals surface area contributed by atoms with Crippen LogP contribution in [0.2, 0.25) is 0 Å². The zero-order valence-corrected chi connectivity index (χ0v) is 26.8. The number of carbonyl (C=O) groups is 5. The fourth-order valence-corrected chi connectivity index (χ4v) is 5.68. The fourth-order valence-electron chi connectivity index (χ4n) is 5.68. The molecule has 0 spiro atoms. The number of ether oxygens (including phenoxy) is 4. The Balaban J connectivity index is 1.15. The normalized spacial score (nSPS) is 15.3. The third-order valence-corrected chi connectivity index (χ3v) is 8.50. The van der Waals surface area contributed by atoms with E-state index in [2.05, 4.69) is 5.32 Å². The molecule has 0 radical (unpaired) electrons. The van der Waals surface area contributed by atoms with Crippen molar-refractivity contribution >= 4 is 35.7 Å². The van der Waals surface area contributed by atoms with Crippen molar-refractivity contribution in [2.75, 3.05) is 38.6 Å². The Hall–Kier alpha value is -5.39. The Labute approximate surface area is 278 Å². The Kier molecular flexibility index (Phi) is 11.6. The van der Waals surface area contributed by atoms with Crippen molar-refractivity contribution < 1.29 is 42.9 Å². The number of amides is 3. The lowest BCUT2D eigenvalue weighted by Crippen LogP contribution is -2.42. The van der Waals surface area contributed by atoms with Crippen LogP contribution >= 0.6 is 0 Å². The van der Waals surface area contributed by atoms with Crippen LogP contribution < -0.4 is 10.1 Å². The zero-order valence-electron chi connectivity index (χ0n) is 26.8. The monoisotopic (exact) mass is 657 g/mol. The van der Waals surface area contributed by atoms with E-state index in [1.165, 1.54) is 13.2 Å². The maximum atomic E-state index is 13.3. The van der Waals surface area contributed by atoms with Crippen LogP contribution in [-0.2, 0) is 37.0 Å². The van der Waals surface area contributed by atoms with Gasteiger partial charge >= 0.3 is 24.1 Å². The van der Waals surface area contributed by atoms with E-state index in [1.807, 2.05) is 60.7 Å². The Bertz CT molecular complexity index is 1580. The molecule has 3 aromatic rings. The lowest BCUT2D eigenvalue weighted by atomic mass is 9.96. The van der Waals surface area contributed by atoms with E-state index in [-0.39, 0.29) is 36.1 Å². The van der Waals surface area contributed by atoms with Crippen molar-refractivity contribution in [2.24, 2.45) is 11.8 Å². The average Bonchev–Trinajstić information content (AvgIpc) is 3.14. The number of anilines is 1. The number of likely N-dealkylation sites (tertiary alicyclic amines) is 2. The van der Waals surface area contributed by atoms with Gasteiger partial charge in [-0.25, -0.2) is 14.4 Å². The van der Waals surface area contributed by atoms with Gasteiger partial charge in [0.05, 0.1) is 18.7 Å². The van der Waals surface area contributed by atoms with Crippen molar-refractivity contribution in [1.82, 2.24) is 9.80 Å². The lowest BCUT2D eigenvalue weighted by Gasteiger charge is -2.31. The van der Waals surface area contributed by atoms with Crippen LogP contribution in [0.3, 0.4) is 0 Å². The summed E-state index contributed by atoms with van der Waals surface area (Å²) in [6.07, 6.45) is 0.602. The predicted octanol–water partition coefficient (Wildman–Crippen LogP) is 5.41. The van der Waals surface area contributed by atoms with Crippen LogP contribution in [0.5, 0.6) is 5.75 Å². The van der Waals surface area contributed by atoms with Crippen LogP contribution in [0, 0.1) is 11.8 Å². The summed E-state index contributed by atoms with van der Waals surface area (Å²) in [4.78, 5) is 67.6. The number of carbonyl (C=O) groups excluding carboxylic acids is 5. The summed E-state index contributed by atoms with van der Waals surface area (Å²) in [5, 5.41) is 2.82. The summed E-state index contributed by atoms with van der Waals surface area (Å²) >= 11 is 0. The van der Waals surface area contributed by atoms with Crippen molar-refractivity contribution in [3.63, 3.8) is 0 Å². The molecular weight excluding hydrogens is 618 g/mol. The second-order valence-electron chi connectivity index (χ2n) is 11.7. The molecule has 3 aromatic carbocycles. The number of piperidine rings is 2. The van der Waals surface area contributed by atoms with Gasteiger partial charge in [-0.05, 0) is 48.9 Å². The minimum absolute atomic E-state index is 0.0124. The minimum Gasteiger partial charge on any atom is -0.465 e. The number of rotatable bonds is 9. The van der Waals surface area contributed by atoms with Gasteiger partial charge in [0.15, 0.2) is 5.75 Å². The van der Waals surface area contributed by atoms with Crippen LogP contribution in [0.15, 0.2) is 78.9 Å². The molecule has 252 valence electrons. The van der Waals surface area contributed by atoms with E-state index in [4.69, 9.17) is 18.9 Å². The Morgan fingerprint density at radius 2 is 1.17 bits per heavy atom. The number of benzene rings is 3. The van der Waals surface area contributed by atoms with E-state index < -0.39 is 36.0 Å². The summed E-state index contributed by atoms with van der Waals surface area (Å²) in [6.45, 7) is 1.60. The van der Waals surface area contributed by atoms with Gasteiger partial charge in [0.25, 0.3) is 0 Å². The number of hydrogen-bond acceptors (Lipinski definition) is 9. The number of nitrogens with zero attached hydrogens (tertiary/aromatic N) is 2. The molecule has 2 heterocycles. The van der Waals surface area contributed by atoms with Gasteiger partial charge in [-0.2, -0.15) is 0 Å². The number of esters is 2. The van der Waals surface area contributed by atoms with Gasteiger partial charge in [0, 0.05) is 32.1 Å². The van der Waals surface area contributed by atoms with Gasteiger partial charge in [0.2, 0.25) is 5.91 Å². The molecule has 0 aliphatic carbocycles. The molecule has 2 fully saturated rings. The Morgan fingerprint density at radius 1 is 0.667 bits per heavy atom.